The predicted octanol–water partition coefficient (Wildman–Crippen LogP) is 2.86. The Kier molecular flexibility index (Phi) is 13.2. The summed E-state index contributed by atoms with van der Waals surface area (Å²) >= 11 is 1.80. The normalized spacial score (nSPS) is 17.2. The maximum atomic E-state index is 5.71. The molecule has 26 heavy (non-hydrogen) atoms. The summed E-state index contributed by atoms with van der Waals surface area (Å²) in [6, 6.07) is 0. The number of aryl methyl sites for hydroxylation is 1. The Bertz CT molecular complexity index is 507. The molecule has 0 bridgehead atoms. The fraction of sp³-hybridized carbons (Fsp3) is 0.778. The van der Waals surface area contributed by atoms with Crippen molar-refractivity contribution in [3.8, 4) is 0 Å². The molecule has 8 heteroatoms. The quantitative estimate of drug-likeness (QED) is 0.214. The van der Waals surface area contributed by atoms with Crippen molar-refractivity contribution in [1.82, 2.24) is 15.6 Å². The first kappa shape index (κ1) is 23.6. The average Bonchev–Trinajstić information content (AvgIpc) is 3.29. The standard InChI is InChI=1S/C18H32N4O2S.HI/c1-3-16-12-22-17(25-16)6-9-21-18(19-4-2)20-8-5-10-23-13-15-7-11-24-14-15;/h12,15H,3-11,13-14H2,1-2H3,(H2,19,20,21);1H. The molecule has 0 saturated carbocycles. The summed E-state index contributed by atoms with van der Waals surface area (Å²) in [5, 5.41) is 7.85. The van der Waals surface area contributed by atoms with Gasteiger partial charge in [0.25, 0.3) is 0 Å². The molecule has 2 heterocycles. The number of hydrogen-bond acceptors (Lipinski definition) is 5. The maximum absolute atomic E-state index is 5.71. The summed E-state index contributed by atoms with van der Waals surface area (Å²) in [6.45, 7) is 10.0. The van der Waals surface area contributed by atoms with Crippen LogP contribution in [0.15, 0.2) is 11.2 Å². The van der Waals surface area contributed by atoms with Crippen LogP contribution in [0.25, 0.3) is 0 Å². The molecule has 1 aromatic rings. The van der Waals surface area contributed by atoms with E-state index in [0.717, 1.165) is 77.7 Å². The van der Waals surface area contributed by atoms with E-state index in [1.54, 1.807) is 11.3 Å². The molecule has 1 fully saturated rings. The van der Waals surface area contributed by atoms with Gasteiger partial charge in [-0.05, 0) is 26.2 Å². The van der Waals surface area contributed by atoms with Gasteiger partial charge in [0.15, 0.2) is 5.96 Å². The van der Waals surface area contributed by atoms with Crippen LogP contribution < -0.4 is 10.6 Å². The highest BCUT2D eigenvalue weighted by molar-refractivity contribution is 14.0. The average molecular weight is 496 g/mol. The van der Waals surface area contributed by atoms with Crippen LogP contribution >= 0.6 is 35.3 Å². The predicted molar refractivity (Wildman–Crippen MR) is 119 cm³/mol. The van der Waals surface area contributed by atoms with E-state index < -0.39 is 0 Å². The Labute approximate surface area is 178 Å². The molecule has 0 aromatic carbocycles. The summed E-state index contributed by atoms with van der Waals surface area (Å²) in [6.07, 6.45) is 6.05. The first-order chi connectivity index (χ1) is 12.3. The Balaban J connectivity index is 0.00000338. The lowest BCUT2D eigenvalue weighted by Gasteiger charge is -2.11. The Hall–Kier alpha value is -0.450. The number of aromatic nitrogens is 1. The molecule has 6 nitrogen and oxygen atoms in total. The number of rotatable bonds is 11. The molecule has 150 valence electrons. The lowest BCUT2D eigenvalue weighted by Crippen LogP contribution is -2.38. The van der Waals surface area contributed by atoms with Crippen molar-refractivity contribution in [2.24, 2.45) is 10.9 Å². The highest BCUT2D eigenvalue weighted by Gasteiger charge is 2.15. The van der Waals surface area contributed by atoms with Crippen molar-refractivity contribution in [1.29, 1.82) is 0 Å². The summed E-state index contributed by atoms with van der Waals surface area (Å²) < 4.78 is 11.1. The van der Waals surface area contributed by atoms with E-state index in [2.05, 4.69) is 34.5 Å². The Morgan fingerprint density at radius 3 is 3.00 bits per heavy atom. The molecule has 2 N–H and O–H groups in total. The molecule has 1 saturated heterocycles. The number of nitrogens with zero attached hydrogens (tertiary/aromatic N) is 2. The summed E-state index contributed by atoms with van der Waals surface area (Å²) in [4.78, 5) is 10.4. The number of hydrogen-bond donors (Lipinski definition) is 2. The van der Waals surface area contributed by atoms with Gasteiger partial charge in [-0.2, -0.15) is 0 Å². The molecule has 1 aliphatic rings. The fourth-order valence-corrected chi connectivity index (χ4v) is 3.44. The van der Waals surface area contributed by atoms with E-state index >= 15 is 0 Å². The monoisotopic (exact) mass is 496 g/mol. The second kappa shape index (κ2) is 14.6. The molecule has 1 aliphatic heterocycles. The molecule has 1 atom stereocenters. The highest BCUT2D eigenvalue weighted by atomic mass is 127. The fourth-order valence-electron chi connectivity index (χ4n) is 2.58. The number of halogens is 1. The SMILES string of the molecule is CCNC(=NCCCOCC1CCOC1)NCCc1ncc(CC)s1.I. The lowest BCUT2D eigenvalue weighted by molar-refractivity contribution is 0.0893. The number of aliphatic imine (C=N–C) groups is 1. The molecule has 1 aromatic heterocycles. The minimum atomic E-state index is 0. The van der Waals surface area contributed by atoms with Crippen LogP contribution in [0.2, 0.25) is 0 Å². The van der Waals surface area contributed by atoms with Crippen molar-refractivity contribution >= 4 is 41.3 Å². The molecule has 0 aliphatic carbocycles. The maximum Gasteiger partial charge on any atom is 0.191 e. The highest BCUT2D eigenvalue weighted by Crippen LogP contribution is 2.13. The van der Waals surface area contributed by atoms with E-state index in [1.165, 1.54) is 9.88 Å². The number of ether oxygens (including phenoxy) is 2. The van der Waals surface area contributed by atoms with Gasteiger partial charge in [-0.15, -0.1) is 35.3 Å². The zero-order chi connectivity index (χ0) is 17.7. The second-order valence-electron chi connectivity index (χ2n) is 6.17. The van der Waals surface area contributed by atoms with Crippen molar-refractivity contribution < 1.29 is 9.47 Å². The third-order valence-electron chi connectivity index (χ3n) is 4.02. The first-order valence-electron chi connectivity index (χ1n) is 9.43. The molecule has 0 spiro atoms. The number of thiazole rings is 1. The molecule has 1 unspecified atom stereocenters. The van der Waals surface area contributed by atoms with Gasteiger partial charge in [0, 0.05) is 56.3 Å². The van der Waals surface area contributed by atoms with E-state index in [0.29, 0.717) is 5.92 Å². The molecule has 0 radical (unpaired) electrons. The minimum absolute atomic E-state index is 0. The smallest absolute Gasteiger partial charge is 0.191 e. The third-order valence-corrected chi connectivity index (χ3v) is 5.22. The summed E-state index contributed by atoms with van der Waals surface area (Å²) in [5.41, 5.74) is 0. The topological polar surface area (TPSA) is 67.8 Å². The van der Waals surface area contributed by atoms with Crippen LogP contribution in [0.5, 0.6) is 0 Å². The Morgan fingerprint density at radius 1 is 1.42 bits per heavy atom. The van der Waals surface area contributed by atoms with Gasteiger partial charge < -0.3 is 20.1 Å². The van der Waals surface area contributed by atoms with Crippen LogP contribution in [0.1, 0.15) is 36.6 Å². The zero-order valence-corrected chi connectivity index (χ0v) is 19.1. The van der Waals surface area contributed by atoms with E-state index in [9.17, 15) is 0 Å². The molecular weight excluding hydrogens is 463 g/mol. The van der Waals surface area contributed by atoms with Gasteiger partial charge in [-0.25, -0.2) is 4.98 Å². The van der Waals surface area contributed by atoms with Crippen molar-refractivity contribution in [2.75, 3.05) is 46.1 Å². The minimum Gasteiger partial charge on any atom is -0.381 e. The van der Waals surface area contributed by atoms with Gasteiger partial charge in [0.2, 0.25) is 0 Å². The van der Waals surface area contributed by atoms with E-state index in [-0.39, 0.29) is 24.0 Å². The van der Waals surface area contributed by atoms with Crippen LogP contribution in [-0.2, 0) is 22.3 Å². The van der Waals surface area contributed by atoms with Gasteiger partial charge in [0.1, 0.15) is 0 Å². The van der Waals surface area contributed by atoms with E-state index in [1.807, 2.05) is 6.20 Å². The van der Waals surface area contributed by atoms with Gasteiger partial charge in [0.05, 0.1) is 18.2 Å². The third kappa shape index (κ3) is 9.48. The van der Waals surface area contributed by atoms with Crippen LogP contribution in [0, 0.1) is 5.92 Å². The van der Waals surface area contributed by atoms with Crippen LogP contribution in [0.4, 0.5) is 0 Å². The molecular formula is C18H33IN4O2S. The first-order valence-corrected chi connectivity index (χ1v) is 10.2. The molecule has 2 rings (SSSR count). The second-order valence-corrected chi connectivity index (χ2v) is 7.37. The van der Waals surface area contributed by atoms with Gasteiger partial charge >= 0.3 is 0 Å². The molecule has 0 amide bonds. The van der Waals surface area contributed by atoms with Crippen LogP contribution in [0.3, 0.4) is 0 Å². The van der Waals surface area contributed by atoms with E-state index in [4.69, 9.17) is 9.47 Å². The lowest BCUT2D eigenvalue weighted by atomic mass is 10.1. The van der Waals surface area contributed by atoms with Crippen molar-refractivity contribution in [3.05, 3.63) is 16.1 Å². The zero-order valence-electron chi connectivity index (χ0n) is 16.0. The number of nitrogens with one attached hydrogen (secondary N) is 2. The van der Waals surface area contributed by atoms with Crippen molar-refractivity contribution in [3.63, 3.8) is 0 Å². The van der Waals surface area contributed by atoms with Crippen molar-refractivity contribution in [2.45, 2.75) is 39.5 Å². The van der Waals surface area contributed by atoms with Crippen LogP contribution in [-0.4, -0.2) is 57.0 Å². The largest absolute Gasteiger partial charge is 0.381 e. The summed E-state index contributed by atoms with van der Waals surface area (Å²) in [7, 11) is 0. The van der Waals surface area contributed by atoms with Gasteiger partial charge in [-0.1, -0.05) is 6.92 Å². The van der Waals surface area contributed by atoms with Gasteiger partial charge in [-0.3, -0.25) is 4.99 Å². The summed E-state index contributed by atoms with van der Waals surface area (Å²) in [5.74, 6) is 1.46. The number of guanidine groups is 1. The Morgan fingerprint density at radius 2 is 2.31 bits per heavy atom.